The maximum atomic E-state index is 13.3. The van der Waals surface area contributed by atoms with Gasteiger partial charge in [-0.15, -0.1) is 0 Å². The molecule has 3 aromatic rings. The predicted octanol–water partition coefficient (Wildman–Crippen LogP) is 2.16. The molecule has 2 aromatic carbocycles. The second kappa shape index (κ2) is 7.77. The van der Waals surface area contributed by atoms with Crippen LogP contribution in [-0.2, 0) is 21.2 Å². The number of hydrogen-bond acceptors (Lipinski definition) is 7. The second-order valence-electron chi connectivity index (χ2n) is 8.34. The third-order valence-corrected chi connectivity index (χ3v) is 8.79. The van der Waals surface area contributed by atoms with Crippen LogP contribution in [0.5, 0.6) is 5.75 Å². The number of rotatable bonds is 4. The van der Waals surface area contributed by atoms with E-state index in [4.69, 9.17) is 16.3 Å². The molecule has 2 heterocycles. The van der Waals surface area contributed by atoms with Crippen molar-refractivity contribution in [2.45, 2.75) is 28.5 Å². The first kappa shape index (κ1) is 22.8. The minimum absolute atomic E-state index is 0.0107. The molecule has 1 aromatic heterocycles. The van der Waals surface area contributed by atoms with Crippen molar-refractivity contribution in [2.24, 2.45) is 0 Å². The fourth-order valence-corrected chi connectivity index (χ4v) is 7.01. The van der Waals surface area contributed by atoms with Gasteiger partial charge in [0.2, 0.25) is 10.0 Å². The molecule has 0 bridgehead atoms. The van der Waals surface area contributed by atoms with Crippen LogP contribution in [0.15, 0.2) is 66.9 Å². The Kier molecular flexibility index (Phi) is 5.20. The highest BCUT2D eigenvalue weighted by Gasteiger charge is 2.79. The fraction of sp³-hybridized carbons (Fsp3) is 0.250. The Balaban J connectivity index is 1.89. The molecule has 1 aliphatic heterocycles. The number of ether oxygens (including phenoxy) is 1. The maximum absolute atomic E-state index is 13.3. The van der Waals surface area contributed by atoms with E-state index in [-0.39, 0.29) is 16.5 Å². The van der Waals surface area contributed by atoms with Gasteiger partial charge in [0.05, 0.1) is 22.6 Å². The van der Waals surface area contributed by atoms with Crippen LogP contribution in [0.4, 0.5) is 0 Å². The number of aliphatic hydroxyl groups excluding tert-OH is 1. The Morgan fingerprint density at radius 2 is 1.85 bits per heavy atom. The molecule has 1 fully saturated rings. The lowest BCUT2D eigenvalue weighted by Gasteiger charge is -2.40. The summed E-state index contributed by atoms with van der Waals surface area (Å²) in [7, 11) is -2.89. The van der Waals surface area contributed by atoms with Gasteiger partial charge in [-0.1, -0.05) is 54.1 Å². The molecule has 0 unspecified atom stereocenters. The Morgan fingerprint density at radius 1 is 1.18 bits per heavy atom. The van der Waals surface area contributed by atoms with Gasteiger partial charge in [0, 0.05) is 12.3 Å². The molecule has 8 nitrogen and oxygen atoms in total. The van der Waals surface area contributed by atoms with E-state index in [0.29, 0.717) is 16.7 Å². The van der Waals surface area contributed by atoms with Crippen LogP contribution >= 0.6 is 11.6 Å². The topological polar surface area (TPSA) is 133 Å². The summed E-state index contributed by atoms with van der Waals surface area (Å²) in [4.78, 5) is 4.26. The van der Waals surface area contributed by atoms with Crippen LogP contribution in [0.25, 0.3) is 0 Å². The summed E-state index contributed by atoms with van der Waals surface area (Å²) in [5.74, 6) is -0.924. The molecule has 0 saturated heterocycles. The normalized spacial score (nSPS) is 29.7. The zero-order valence-corrected chi connectivity index (χ0v) is 19.5. The molecule has 1 aliphatic carbocycles. The number of nitrogens with one attached hydrogen (secondary N) is 1. The van der Waals surface area contributed by atoms with Crippen molar-refractivity contribution in [1.82, 2.24) is 9.71 Å². The number of fused-ring (bicyclic) bond motifs is 3. The Bertz CT molecular complexity index is 1410. The zero-order valence-electron chi connectivity index (χ0n) is 17.9. The lowest BCUT2D eigenvalue weighted by Crippen LogP contribution is -2.52. The number of hydrogen-bond donors (Lipinski definition) is 3. The Labute approximate surface area is 201 Å². The van der Waals surface area contributed by atoms with Crippen molar-refractivity contribution in [1.29, 1.82) is 5.26 Å². The van der Waals surface area contributed by atoms with Crippen LogP contribution in [0.1, 0.15) is 28.3 Å². The number of halogens is 1. The van der Waals surface area contributed by atoms with Crippen LogP contribution in [0, 0.1) is 11.3 Å². The van der Waals surface area contributed by atoms with Crippen molar-refractivity contribution in [3.63, 3.8) is 0 Å². The molecular formula is C24H20ClN3O5S. The highest BCUT2D eigenvalue weighted by atomic mass is 35.5. The second-order valence-corrected chi connectivity index (χ2v) is 10.8. The molecule has 0 spiro atoms. The highest BCUT2D eigenvalue weighted by Crippen LogP contribution is 2.67. The van der Waals surface area contributed by atoms with Crippen LogP contribution in [0.2, 0.25) is 5.02 Å². The number of pyridine rings is 1. The van der Waals surface area contributed by atoms with Gasteiger partial charge in [0.1, 0.15) is 22.8 Å². The minimum atomic E-state index is -4.14. The van der Waals surface area contributed by atoms with Gasteiger partial charge in [0.15, 0.2) is 11.2 Å². The van der Waals surface area contributed by atoms with E-state index in [1.54, 1.807) is 54.6 Å². The van der Waals surface area contributed by atoms with E-state index in [9.17, 15) is 23.9 Å². The van der Waals surface area contributed by atoms with Gasteiger partial charge in [-0.3, -0.25) is 4.98 Å². The molecule has 174 valence electrons. The van der Waals surface area contributed by atoms with Crippen LogP contribution in [0.3, 0.4) is 0 Å². The van der Waals surface area contributed by atoms with E-state index in [2.05, 4.69) is 9.71 Å². The quantitative estimate of drug-likeness (QED) is 0.503. The largest absolute Gasteiger partial charge is 0.476 e. The highest BCUT2D eigenvalue weighted by molar-refractivity contribution is 7.90. The summed E-state index contributed by atoms with van der Waals surface area (Å²) in [5.41, 5.74) is -2.78. The molecule has 5 rings (SSSR count). The lowest BCUT2D eigenvalue weighted by molar-refractivity contribution is -0.150. The van der Waals surface area contributed by atoms with Crippen LogP contribution < -0.4 is 9.46 Å². The molecule has 0 amide bonds. The first-order valence-corrected chi connectivity index (χ1v) is 12.4. The van der Waals surface area contributed by atoms with E-state index >= 15 is 0 Å². The Hall–Kier alpha value is -3.00. The van der Waals surface area contributed by atoms with Gasteiger partial charge in [-0.05, 0) is 30.3 Å². The molecule has 2 aliphatic rings. The molecule has 3 N–H and O–H groups in total. The first-order valence-electron chi connectivity index (χ1n) is 10.4. The Morgan fingerprint density at radius 3 is 2.47 bits per heavy atom. The average molecular weight is 498 g/mol. The number of nitriles is 1. The molecule has 0 radical (unpaired) electrons. The monoisotopic (exact) mass is 497 g/mol. The summed E-state index contributed by atoms with van der Waals surface area (Å²) in [6.07, 6.45) is -0.513. The molecule has 10 heteroatoms. The van der Waals surface area contributed by atoms with E-state index < -0.39 is 38.5 Å². The van der Waals surface area contributed by atoms with Gasteiger partial charge in [0.25, 0.3) is 0 Å². The van der Waals surface area contributed by atoms with Gasteiger partial charge < -0.3 is 14.9 Å². The summed E-state index contributed by atoms with van der Waals surface area (Å²) < 4.78 is 35.3. The van der Waals surface area contributed by atoms with Gasteiger partial charge in [-0.25, -0.2) is 13.1 Å². The standard InChI is InChI=1S/C24H20ClN3O5S/c1-27-34(31,32)20-19(15-5-3-2-4-6-15)24(16-9-7-14(12-26)8-10-16)23(30,22(20)29)21-18(33-24)11-17(25)13-28-21/h2-11,13,19-20,22,27,29-30H,1H3/t19-,20-,22-,23+,24+/m1/s1. The van der Waals surface area contributed by atoms with Crippen molar-refractivity contribution < 1.29 is 23.4 Å². The van der Waals surface area contributed by atoms with E-state index in [1.165, 1.54) is 19.3 Å². The minimum Gasteiger partial charge on any atom is -0.476 e. The summed E-state index contributed by atoms with van der Waals surface area (Å²) >= 11 is 6.14. The number of aromatic nitrogens is 1. The predicted molar refractivity (Wildman–Crippen MR) is 124 cm³/mol. The number of aliphatic hydroxyl groups is 2. The van der Waals surface area contributed by atoms with Crippen molar-refractivity contribution >= 4 is 21.6 Å². The van der Waals surface area contributed by atoms with Crippen molar-refractivity contribution in [3.05, 3.63) is 94.3 Å². The summed E-state index contributed by atoms with van der Waals surface area (Å²) in [6.45, 7) is 0. The first-order chi connectivity index (χ1) is 16.2. The van der Waals surface area contributed by atoms with Crippen molar-refractivity contribution in [2.75, 3.05) is 7.05 Å². The number of benzene rings is 2. The average Bonchev–Trinajstić information content (AvgIpc) is 3.22. The zero-order chi connectivity index (χ0) is 24.3. The smallest absolute Gasteiger partial charge is 0.217 e. The third kappa shape index (κ3) is 2.87. The summed E-state index contributed by atoms with van der Waals surface area (Å²) in [6, 6.07) is 18.5. The van der Waals surface area contributed by atoms with E-state index in [0.717, 1.165) is 0 Å². The molecular weight excluding hydrogens is 478 g/mol. The van der Waals surface area contributed by atoms with Gasteiger partial charge >= 0.3 is 0 Å². The number of sulfonamides is 1. The summed E-state index contributed by atoms with van der Waals surface area (Å²) in [5, 5.41) is 31.9. The third-order valence-electron chi connectivity index (χ3n) is 6.77. The lowest BCUT2D eigenvalue weighted by atomic mass is 9.72. The fourth-order valence-electron chi connectivity index (χ4n) is 5.34. The molecule has 5 atom stereocenters. The SMILES string of the molecule is CNS(=O)(=O)[C@H]1[C@@H](O)[C@@]2(O)c3ncc(Cl)cc3O[C@@]2(c2ccc(C#N)cc2)[C@@H]1c1ccccc1. The van der Waals surface area contributed by atoms with Crippen molar-refractivity contribution in [3.8, 4) is 11.8 Å². The van der Waals surface area contributed by atoms with E-state index in [1.807, 2.05) is 6.07 Å². The molecule has 1 saturated carbocycles. The molecule has 34 heavy (non-hydrogen) atoms. The number of nitrogens with zero attached hydrogens (tertiary/aromatic N) is 2. The van der Waals surface area contributed by atoms with Crippen LogP contribution in [-0.4, -0.2) is 42.0 Å². The van der Waals surface area contributed by atoms with Gasteiger partial charge in [-0.2, -0.15) is 5.26 Å². The maximum Gasteiger partial charge on any atom is 0.217 e.